The van der Waals surface area contributed by atoms with E-state index in [1.165, 1.54) is 10.3 Å². The number of phenols is 1. The van der Waals surface area contributed by atoms with Crippen molar-refractivity contribution in [3.63, 3.8) is 0 Å². The Morgan fingerprint density at radius 2 is 1.72 bits per heavy atom. The number of likely N-dealkylation sites (tertiary alicyclic amines) is 1. The van der Waals surface area contributed by atoms with Crippen molar-refractivity contribution in [3.8, 4) is 5.75 Å². The number of nitrogens with one attached hydrogen (secondary N) is 2. The monoisotopic (exact) mass is 826 g/mol. The molecule has 3 amide bonds. The first-order valence-corrected chi connectivity index (χ1v) is 21.1. The number of imidazole rings is 1. The van der Waals surface area contributed by atoms with Crippen LogP contribution in [0.1, 0.15) is 79.4 Å². The van der Waals surface area contributed by atoms with Crippen molar-refractivity contribution in [2.24, 2.45) is 24.8 Å². The van der Waals surface area contributed by atoms with Crippen molar-refractivity contribution in [3.05, 3.63) is 87.7 Å². The lowest BCUT2D eigenvalue weighted by atomic mass is 9.86. The quantitative estimate of drug-likeness (QED) is 0.126. The number of nitrogens with zero attached hydrogens (tertiary/aromatic N) is 6. The van der Waals surface area contributed by atoms with Gasteiger partial charge in [-0.2, -0.15) is 9.49 Å². The number of rotatable bonds is 10. The minimum atomic E-state index is -1.78. The number of halogens is 3. The molecule has 3 atom stereocenters. The van der Waals surface area contributed by atoms with Gasteiger partial charge >= 0.3 is 5.69 Å². The second kappa shape index (κ2) is 16.1. The van der Waals surface area contributed by atoms with Crippen LogP contribution in [-0.2, 0) is 23.1 Å². The summed E-state index contributed by atoms with van der Waals surface area (Å²) >= 11 is 0. The molecule has 4 aliphatic rings. The smallest absolute Gasteiger partial charge is 0.329 e. The highest BCUT2D eigenvalue weighted by molar-refractivity contribution is 6.00. The van der Waals surface area contributed by atoms with Crippen molar-refractivity contribution in [1.29, 1.82) is 0 Å². The molecule has 5 aromatic rings. The van der Waals surface area contributed by atoms with Gasteiger partial charge in [0.2, 0.25) is 17.6 Å². The van der Waals surface area contributed by atoms with E-state index in [1.807, 2.05) is 12.1 Å². The Morgan fingerprint density at radius 3 is 2.52 bits per heavy atom. The summed E-state index contributed by atoms with van der Waals surface area (Å²) in [5.41, 5.74) is 3.76. The van der Waals surface area contributed by atoms with Crippen LogP contribution in [0.25, 0.3) is 21.9 Å². The van der Waals surface area contributed by atoms with Crippen LogP contribution in [0.4, 0.5) is 18.9 Å². The number of hydrogen-bond donors (Lipinski definition) is 3. The van der Waals surface area contributed by atoms with Gasteiger partial charge in [0.25, 0.3) is 5.91 Å². The summed E-state index contributed by atoms with van der Waals surface area (Å²) in [6, 6.07) is 12.6. The van der Waals surface area contributed by atoms with Crippen molar-refractivity contribution in [1.82, 2.24) is 34.4 Å². The number of piperidine rings is 2. The maximum atomic E-state index is 14.2. The van der Waals surface area contributed by atoms with Crippen LogP contribution >= 0.6 is 0 Å². The van der Waals surface area contributed by atoms with E-state index in [9.17, 15) is 37.5 Å². The molecule has 9 rings (SSSR count). The number of benzene rings is 3. The fourth-order valence-corrected chi connectivity index (χ4v) is 10.1. The van der Waals surface area contributed by atoms with Crippen LogP contribution in [0.2, 0.25) is 0 Å². The van der Waals surface area contributed by atoms with Crippen molar-refractivity contribution in [2.45, 2.75) is 69.9 Å². The van der Waals surface area contributed by atoms with Crippen molar-refractivity contribution < 1.29 is 32.7 Å². The SMILES string of the molecule is Cn1c(=O)n(C2CCC(=O)NC2=O)c2ccc(CCCN3C[C@H]4CCN(c5ccc6cn([C@H]7CC[C@H](CNC(=O)c8cc(F)c(O)c(F)c8F)CC7)nc6c5)C[C@H]4C3)cc21. The second-order valence-electron chi connectivity index (χ2n) is 17.2. The van der Waals surface area contributed by atoms with Gasteiger partial charge < -0.3 is 20.2 Å². The van der Waals surface area contributed by atoms with Crippen LogP contribution in [0.5, 0.6) is 5.75 Å². The third-order valence-corrected chi connectivity index (χ3v) is 13.5. The Kier molecular flexibility index (Phi) is 10.7. The van der Waals surface area contributed by atoms with Gasteiger partial charge in [0, 0.05) is 63.5 Å². The van der Waals surface area contributed by atoms with E-state index in [-0.39, 0.29) is 36.5 Å². The number of aromatic hydroxyl groups is 1. The highest BCUT2D eigenvalue weighted by atomic mass is 19.2. The predicted molar refractivity (Wildman–Crippen MR) is 218 cm³/mol. The highest BCUT2D eigenvalue weighted by Gasteiger charge is 2.37. The molecule has 60 heavy (non-hydrogen) atoms. The van der Waals surface area contributed by atoms with Crippen LogP contribution in [-0.4, -0.2) is 85.9 Å². The molecule has 1 aliphatic carbocycles. The zero-order valence-corrected chi connectivity index (χ0v) is 33.5. The van der Waals surface area contributed by atoms with Gasteiger partial charge in [-0.1, -0.05) is 6.07 Å². The maximum absolute atomic E-state index is 14.2. The normalized spacial score (nSPS) is 23.7. The number of anilines is 1. The van der Waals surface area contributed by atoms with Crippen LogP contribution < -0.4 is 21.2 Å². The number of fused-ring (bicyclic) bond motifs is 3. The Hall–Kier alpha value is -5.64. The van der Waals surface area contributed by atoms with E-state index in [1.54, 1.807) is 11.6 Å². The minimum Gasteiger partial charge on any atom is -0.503 e. The molecule has 1 saturated carbocycles. The van der Waals surface area contributed by atoms with Crippen LogP contribution in [0, 0.1) is 35.2 Å². The maximum Gasteiger partial charge on any atom is 0.329 e. The lowest BCUT2D eigenvalue weighted by molar-refractivity contribution is -0.135. The number of phenolic OH excluding ortho intramolecular Hbond substituents is 1. The van der Waals surface area contributed by atoms with Crippen LogP contribution in [0.15, 0.2) is 53.5 Å². The molecule has 0 spiro atoms. The predicted octanol–water partition coefficient (Wildman–Crippen LogP) is 5.34. The second-order valence-corrected chi connectivity index (χ2v) is 17.2. The molecule has 3 N–H and O–H groups in total. The number of amides is 3. The van der Waals surface area contributed by atoms with Gasteiger partial charge in [0.05, 0.1) is 28.2 Å². The van der Waals surface area contributed by atoms with E-state index in [0.29, 0.717) is 29.8 Å². The number of aryl methyl sites for hydroxylation is 2. The largest absolute Gasteiger partial charge is 0.503 e. The van der Waals surface area contributed by atoms with E-state index in [0.717, 1.165) is 99.7 Å². The third kappa shape index (κ3) is 7.54. The summed E-state index contributed by atoms with van der Waals surface area (Å²) in [6.45, 7) is 5.44. The Bertz CT molecular complexity index is 2560. The zero-order valence-electron chi connectivity index (χ0n) is 33.5. The summed E-state index contributed by atoms with van der Waals surface area (Å²) in [5.74, 6) is -6.44. The molecular formula is C44H49F3N8O5. The van der Waals surface area contributed by atoms with E-state index in [4.69, 9.17) is 5.10 Å². The van der Waals surface area contributed by atoms with Crippen LogP contribution in [0.3, 0.4) is 0 Å². The number of carbonyl (C=O) groups is 3. The Balaban J connectivity index is 0.753. The first-order valence-electron chi connectivity index (χ1n) is 21.1. The summed E-state index contributed by atoms with van der Waals surface area (Å²) < 4.78 is 46.8. The molecule has 2 aromatic heterocycles. The van der Waals surface area contributed by atoms with Gasteiger partial charge in [-0.3, -0.25) is 33.5 Å². The molecule has 5 heterocycles. The third-order valence-electron chi connectivity index (χ3n) is 13.5. The minimum absolute atomic E-state index is 0.132. The molecule has 1 unspecified atom stereocenters. The average molecular weight is 827 g/mol. The summed E-state index contributed by atoms with van der Waals surface area (Å²) in [5, 5.41) is 20.3. The highest BCUT2D eigenvalue weighted by Crippen LogP contribution is 2.36. The van der Waals surface area contributed by atoms with Gasteiger partial charge in [-0.05, 0) is 118 Å². The number of imide groups is 1. The molecule has 3 saturated heterocycles. The van der Waals surface area contributed by atoms with Crippen molar-refractivity contribution in [2.75, 3.05) is 44.2 Å². The molecule has 13 nitrogen and oxygen atoms in total. The topological polar surface area (TPSA) is 147 Å². The molecule has 0 bridgehead atoms. The van der Waals surface area contributed by atoms with E-state index < -0.39 is 46.6 Å². The first-order chi connectivity index (χ1) is 28.9. The number of hydrogen-bond acceptors (Lipinski definition) is 8. The first kappa shape index (κ1) is 39.8. The fraction of sp³-hybridized carbons (Fsp3) is 0.477. The van der Waals surface area contributed by atoms with Gasteiger partial charge in [0.15, 0.2) is 17.4 Å². The summed E-state index contributed by atoms with van der Waals surface area (Å²) in [7, 11) is 1.73. The molecule has 4 fully saturated rings. The van der Waals surface area contributed by atoms with Crippen molar-refractivity contribution >= 4 is 45.3 Å². The average Bonchev–Trinajstić information content (AvgIpc) is 3.93. The summed E-state index contributed by atoms with van der Waals surface area (Å²) in [6.07, 6.45) is 8.96. The number of carbonyl (C=O) groups excluding carboxylic acids is 3. The standard InChI is InChI=1S/C44H49F3N8O5/c1-51-37-17-25(6-11-35(37)55(44(51)60)36-12-13-38(56)49-43(36)59)3-2-15-52-21-27-14-16-53(23-29(27)22-52)31-10-7-28-24-54(50-34(28)18-31)30-8-4-26(5-9-30)20-48-42(58)32-19-33(45)41(57)40(47)39(32)46/h6-7,10-11,17-19,24,26-27,29-30,36,57H,2-5,8-9,12-16,20-23H2,1H3,(H,48,58)(H,49,56,59)/t26-,27-,29-,30-,36?/m1/s1. The molecule has 16 heteroatoms. The van der Waals surface area contributed by atoms with Gasteiger partial charge in [0.1, 0.15) is 6.04 Å². The molecular weight excluding hydrogens is 778 g/mol. The van der Waals surface area contributed by atoms with E-state index in [2.05, 4.69) is 55.6 Å². The lowest BCUT2D eigenvalue weighted by Crippen LogP contribution is -2.44. The van der Waals surface area contributed by atoms with Gasteiger partial charge in [-0.15, -0.1) is 0 Å². The Labute approximate surface area is 344 Å². The lowest BCUT2D eigenvalue weighted by Gasteiger charge is -2.36. The molecule has 316 valence electrons. The Morgan fingerprint density at radius 1 is 0.917 bits per heavy atom. The molecule has 0 radical (unpaired) electrons. The fourth-order valence-electron chi connectivity index (χ4n) is 10.1. The van der Waals surface area contributed by atoms with Gasteiger partial charge in [-0.25, -0.2) is 13.6 Å². The zero-order chi connectivity index (χ0) is 41.8. The van der Waals surface area contributed by atoms with E-state index >= 15 is 0 Å². The molecule has 3 aliphatic heterocycles. The molecule has 3 aromatic carbocycles. The summed E-state index contributed by atoms with van der Waals surface area (Å²) in [4.78, 5) is 55.0. The number of aromatic nitrogens is 4.